The van der Waals surface area contributed by atoms with Gasteiger partial charge in [-0.15, -0.1) is 11.8 Å². The average Bonchev–Trinajstić information content (AvgIpc) is 2.53. The van der Waals surface area contributed by atoms with Crippen LogP contribution in [0.2, 0.25) is 0 Å². The summed E-state index contributed by atoms with van der Waals surface area (Å²) in [7, 11) is 0. The van der Waals surface area contributed by atoms with Gasteiger partial charge in [0.15, 0.2) is 0 Å². The van der Waals surface area contributed by atoms with Crippen molar-refractivity contribution < 1.29 is 9.47 Å². The minimum Gasteiger partial charge on any atom is -0.496 e. The molecule has 2 unspecified atom stereocenters. The van der Waals surface area contributed by atoms with Crippen molar-refractivity contribution in [1.29, 1.82) is 0 Å². The summed E-state index contributed by atoms with van der Waals surface area (Å²) in [5.74, 6) is 3.01. The van der Waals surface area contributed by atoms with E-state index in [2.05, 4.69) is 30.4 Å². The molecule has 108 valence electrons. The van der Waals surface area contributed by atoms with E-state index in [1.54, 1.807) is 0 Å². The molecule has 0 radical (unpaired) electrons. The van der Waals surface area contributed by atoms with Gasteiger partial charge in [0, 0.05) is 10.6 Å². The molecule has 0 bridgehead atoms. The molecule has 4 heteroatoms. The van der Waals surface area contributed by atoms with Crippen LogP contribution in [0.15, 0.2) is 41.0 Å². The van der Waals surface area contributed by atoms with Gasteiger partial charge in [0.05, 0.1) is 6.61 Å². The van der Waals surface area contributed by atoms with E-state index in [1.165, 1.54) is 4.90 Å². The number of allylic oxidation sites excluding steroid dienone is 1. The van der Waals surface area contributed by atoms with Crippen molar-refractivity contribution >= 4 is 11.8 Å². The van der Waals surface area contributed by atoms with Crippen LogP contribution in [0.3, 0.4) is 0 Å². The fourth-order valence-electron chi connectivity index (χ4n) is 2.63. The molecule has 0 aromatic heterocycles. The molecule has 0 spiro atoms. The Bertz CT molecular complexity index is 489. The molecule has 3 rings (SSSR count). The SMILES string of the molecule is CCNC(C1=CCCCO1)C1CSc2ccccc2O1. The summed E-state index contributed by atoms with van der Waals surface area (Å²) < 4.78 is 12.0. The quantitative estimate of drug-likeness (QED) is 0.923. The molecule has 2 aliphatic rings. The van der Waals surface area contributed by atoms with Crippen LogP contribution in [-0.2, 0) is 4.74 Å². The van der Waals surface area contributed by atoms with Crippen LogP contribution < -0.4 is 10.1 Å². The molecule has 1 aromatic rings. The number of ether oxygens (including phenoxy) is 2. The molecular weight excluding hydrogens is 270 g/mol. The second-order valence-electron chi connectivity index (χ2n) is 5.05. The third-order valence-electron chi connectivity index (χ3n) is 3.60. The highest BCUT2D eigenvalue weighted by atomic mass is 32.2. The van der Waals surface area contributed by atoms with Crippen molar-refractivity contribution in [1.82, 2.24) is 5.32 Å². The van der Waals surface area contributed by atoms with E-state index >= 15 is 0 Å². The third kappa shape index (κ3) is 2.96. The number of thioether (sulfide) groups is 1. The van der Waals surface area contributed by atoms with Gasteiger partial charge >= 0.3 is 0 Å². The maximum absolute atomic E-state index is 6.20. The Balaban J connectivity index is 1.77. The van der Waals surface area contributed by atoms with E-state index in [-0.39, 0.29) is 12.1 Å². The Morgan fingerprint density at radius 3 is 3.10 bits per heavy atom. The normalized spacial score (nSPS) is 23.1. The fraction of sp³-hybridized carbons (Fsp3) is 0.500. The lowest BCUT2D eigenvalue weighted by Crippen LogP contribution is -2.47. The first-order chi connectivity index (χ1) is 9.88. The van der Waals surface area contributed by atoms with E-state index in [4.69, 9.17) is 9.47 Å². The lowest BCUT2D eigenvalue weighted by molar-refractivity contribution is 0.112. The van der Waals surface area contributed by atoms with Gasteiger partial charge < -0.3 is 14.8 Å². The number of nitrogens with one attached hydrogen (secondary N) is 1. The predicted molar refractivity (Wildman–Crippen MR) is 82.3 cm³/mol. The molecular formula is C16H21NO2S. The van der Waals surface area contributed by atoms with Gasteiger partial charge in [-0.3, -0.25) is 0 Å². The summed E-state index contributed by atoms with van der Waals surface area (Å²) in [5.41, 5.74) is 0. The van der Waals surface area contributed by atoms with E-state index in [1.807, 2.05) is 23.9 Å². The highest BCUT2D eigenvalue weighted by Gasteiger charge is 2.31. The summed E-state index contributed by atoms with van der Waals surface area (Å²) in [5, 5.41) is 3.52. The number of likely N-dealkylation sites (N-methyl/N-ethyl adjacent to an activating group) is 1. The van der Waals surface area contributed by atoms with E-state index in [0.29, 0.717) is 0 Å². The van der Waals surface area contributed by atoms with Gasteiger partial charge in [-0.05, 0) is 37.6 Å². The Morgan fingerprint density at radius 2 is 2.30 bits per heavy atom. The van der Waals surface area contributed by atoms with Crippen molar-refractivity contribution in [3.63, 3.8) is 0 Å². The standard InChI is InChI=1S/C16H21NO2S/c1-2-17-16(13-8-5-6-10-18-13)14-11-20-15-9-4-3-7-12(15)19-14/h3-4,7-9,14,16-17H,2,5-6,10-11H2,1H3. The molecule has 3 nitrogen and oxygen atoms in total. The molecule has 2 aliphatic heterocycles. The second kappa shape index (κ2) is 6.55. The van der Waals surface area contributed by atoms with Gasteiger partial charge in [0.1, 0.15) is 23.7 Å². The van der Waals surface area contributed by atoms with Crippen molar-refractivity contribution in [2.24, 2.45) is 0 Å². The van der Waals surface area contributed by atoms with Crippen molar-refractivity contribution in [3.8, 4) is 5.75 Å². The van der Waals surface area contributed by atoms with Gasteiger partial charge in [-0.1, -0.05) is 19.1 Å². The summed E-state index contributed by atoms with van der Waals surface area (Å²) in [6, 6.07) is 8.41. The molecule has 0 fully saturated rings. The zero-order chi connectivity index (χ0) is 13.8. The van der Waals surface area contributed by atoms with Crippen LogP contribution in [-0.4, -0.2) is 31.1 Å². The largest absolute Gasteiger partial charge is 0.496 e. The zero-order valence-electron chi connectivity index (χ0n) is 11.8. The van der Waals surface area contributed by atoms with Crippen LogP contribution in [0.5, 0.6) is 5.75 Å². The summed E-state index contributed by atoms with van der Waals surface area (Å²) in [6.45, 7) is 3.86. The lowest BCUT2D eigenvalue weighted by atomic mass is 10.1. The van der Waals surface area contributed by atoms with Crippen LogP contribution in [0.4, 0.5) is 0 Å². The molecule has 0 amide bonds. The van der Waals surface area contributed by atoms with Crippen molar-refractivity contribution in [3.05, 3.63) is 36.1 Å². The summed E-state index contributed by atoms with van der Waals surface area (Å²) >= 11 is 1.87. The summed E-state index contributed by atoms with van der Waals surface area (Å²) in [4.78, 5) is 1.23. The Kier molecular flexibility index (Phi) is 4.53. The first-order valence-electron chi connectivity index (χ1n) is 7.33. The van der Waals surface area contributed by atoms with E-state index in [0.717, 1.165) is 43.3 Å². The smallest absolute Gasteiger partial charge is 0.133 e. The van der Waals surface area contributed by atoms with Gasteiger partial charge in [-0.2, -0.15) is 0 Å². The molecule has 2 atom stereocenters. The number of para-hydroxylation sites is 1. The zero-order valence-corrected chi connectivity index (χ0v) is 12.6. The van der Waals surface area contributed by atoms with Gasteiger partial charge in [0.2, 0.25) is 0 Å². The Labute approximate surface area is 124 Å². The average molecular weight is 291 g/mol. The molecule has 2 heterocycles. The number of hydrogen-bond donors (Lipinski definition) is 1. The first-order valence-corrected chi connectivity index (χ1v) is 8.31. The number of rotatable bonds is 4. The highest BCUT2D eigenvalue weighted by molar-refractivity contribution is 7.99. The highest BCUT2D eigenvalue weighted by Crippen LogP contribution is 2.36. The fourth-order valence-corrected chi connectivity index (χ4v) is 3.67. The maximum Gasteiger partial charge on any atom is 0.133 e. The minimum absolute atomic E-state index is 0.124. The van der Waals surface area contributed by atoms with E-state index < -0.39 is 0 Å². The minimum atomic E-state index is 0.124. The van der Waals surface area contributed by atoms with Crippen molar-refractivity contribution in [2.45, 2.75) is 36.8 Å². The van der Waals surface area contributed by atoms with Crippen LogP contribution in [0.1, 0.15) is 19.8 Å². The Morgan fingerprint density at radius 1 is 1.40 bits per heavy atom. The monoisotopic (exact) mass is 291 g/mol. The summed E-state index contributed by atoms with van der Waals surface area (Å²) in [6.07, 6.45) is 4.56. The Hall–Kier alpha value is -1.13. The van der Waals surface area contributed by atoms with Gasteiger partial charge in [0.25, 0.3) is 0 Å². The topological polar surface area (TPSA) is 30.5 Å². The maximum atomic E-state index is 6.20. The first kappa shape index (κ1) is 13.8. The molecule has 20 heavy (non-hydrogen) atoms. The van der Waals surface area contributed by atoms with Crippen LogP contribution in [0.25, 0.3) is 0 Å². The molecule has 0 saturated carbocycles. The lowest BCUT2D eigenvalue weighted by Gasteiger charge is -2.34. The predicted octanol–water partition coefficient (Wildman–Crippen LogP) is 3.21. The molecule has 1 N–H and O–H groups in total. The molecule has 1 aromatic carbocycles. The third-order valence-corrected chi connectivity index (χ3v) is 4.74. The molecule has 0 saturated heterocycles. The second-order valence-corrected chi connectivity index (χ2v) is 6.11. The van der Waals surface area contributed by atoms with Crippen LogP contribution in [0, 0.1) is 0 Å². The van der Waals surface area contributed by atoms with Gasteiger partial charge in [-0.25, -0.2) is 0 Å². The van der Waals surface area contributed by atoms with E-state index in [9.17, 15) is 0 Å². The number of fused-ring (bicyclic) bond motifs is 1. The van der Waals surface area contributed by atoms with Crippen molar-refractivity contribution in [2.75, 3.05) is 18.9 Å². The number of hydrogen-bond acceptors (Lipinski definition) is 4. The number of benzene rings is 1. The molecule has 0 aliphatic carbocycles. The van der Waals surface area contributed by atoms with Crippen LogP contribution >= 0.6 is 11.8 Å².